The van der Waals surface area contributed by atoms with E-state index < -0.39 is 0 Å². The standard InChI is InChI=1S/C18H24N4O.ClH/c1-3-4-9-22-17(10-13(2)21-22)20-18(23)16-11-14-7-5-6-8-15(14)12-19-16;/h5-8,10,16,19H,3-4,9,11-12H2,1-2H3,(H,20,23);1H/t16-;/m1./s1. The van der Waals surface area contributed by atoms with Crippen molar-refractivity contribution < 1.29 is 4.79 Å². The molecule has 3 rings (SSSR count). The van der Waals surface area contributed by atoms with Crippen LogP contribution in [0, 0.1) is 6.92 Å². The van der Waals surface area contributed by atoms with Crippen LogP contribution in [0.1, 0.15) is 36.6 Å². The van der Waals surface area contributed by atoms with Crippen LogP contribution in [0.25, 0.3) is 0 Å². The quantitative estimate of drug-likeness (QED) is 0.873. The van der Waals surface area contributed by atoms with Crippen LogP contribution in [-0.2, 0) is 24.3 Å². The van der Waals surface area contributed by atoms with Gasteiger partial charge in [-0.3, -0.25) is 4.79 Å². The van der Waals surface area contributed by atoms with Crippen molar-refractivity contribution in [2.24, 2.45) is 0 Å². The average Bonchev–Trinajstić information content (AvgIpc) is 2.91. The van der Waals surface area contributed by atoms with Crippen LogP contribution in [0.4, 0.5) is 5.82 Å². The van der Waals surface area contributed by atoms with E-state index in [1.54, 1.807) is 0 Å². The first-order valence-electron chi connectivity index (χ1n) is 8.33. The van der Waals surface area contributed by atoms with E-state index in [0.29, 0.717) is 0 Å². The first-order chi connectivity index (χ1) is 11.2. The summed E-state index contributed by atoms with van der Waals surface area (Å²) in [5.74, 6) is 0.804. The molecule has 6 heteroatoms. The summed E-state index contributed by atoms with van der Waals surface area (Å²) in [7, 11) is 0. The maximum Gasteiger partial charge on any atom is 0.243 e. The number of amides is 1. The lowest BCUT2D eigenvalue weighted by Crippen LogP contribution is -2.45. The molecule has 1 aromatic carbocycles. The van der Waals surface area contributed by atoms with Crippen LogP contribution in [-0.4, -0.2) is 21.7 Å². The Hall–Kier alpha value is -1.85. The Morgan fingerprint density at radius 1 is 1.38 bits per heavy atom. The highest BCUT2D eigenvalue weighted by molar-refractivity contribution is 5.94. The fourth-order valence-electron chi connectivity index (χ4n) is 2.98. The minimum Gasteiger partial charge on any atom is -0.310 e. The SMILES string of the molecule is CCCCn1nc(C)cc1NC(=O)[C@H]1Cc2ccccc2CN1.Cl. The largest absolute Gasteiger partial charge is 0.310 e. The van der Waals surface area contributed by atoms with E-state index in [0.717, 1.165) is 43.9 Å². The van der Waals surface area contributed by atoms with Crippen molar-refractivity contribution in [1.82, 2.24) is 15.1 Å². The zero-order valence-corrected chi connectivity index (χ0v) is 15.0. The van der Waals surface area contributed by atoms with Gasteiger partial charge >= 0.3 is 0 Å². The number of rotatable bonds is 5. The molecule has 0 unspecified atom stereocenters. The van der Waals surface area contributed by atoms with E-state index in [9.17, 15) is 4.79 Å². The van der Waals surface area contributed by atoms with E-state index in [4.69, 9.17) is 0 Å². The summed E-state index contributed by atoms with van der Waals surface area (Å²) in [6.45, 7) is 5.68. The molecule has 0 saturated heterocycles. The second kappa shape index (κ2) is 8.31. The molecule has 1 aromatic heterocycles. The Kier molecular flexibility index (Phi) is 6.40. The van der Waals surface area contributed by atoms with Gasteiger partial charge in [-0.05, 0) is 30.9 Å². The predicted molar refractivity (Wildman–Crippen MR) is 98.5 cm³/mol. The van der Waals surface area contributed by atoms with Gasteiger partial charge in [0.05, 0.1) is 11.7 Å². The second-order valence-electron chi connectivity index (χ2n) is 6.14. The molecule has 1 atom stereocenters. The van der Waals surface area contributed by atoms with E-state index in [-0.39, 0.29) is 24.4 Å². The molecular weight excluding hydrogens is 324 g/mol. The maximum atomic E-state index is 12.6. The number of hydrogen-bond donors (Lipinski definition) is 2. The molecule has 24 heavy (non-hydrogen) atoms. The van der Waals surface area contributed by atoms with Crippen molar-refractivity contribution in [2.45, 2.75) is 52.2 Å². The summed E-state index contributed by atoms with van der Waals surface area (Å²) >= 11 is 0. The number of carbonyl (C=O) groups excluding carboxylic acids is 1. The van der Waals surface area contributed by atoms with E-state index in [1.807, 2.05) is 29.8 Å². The van der Waals surface area contributed by atoms with Crippen LogP contribution in [0.3, 0.4) is 0 Å². The van der Waals surface area contributed by atoms with Crippen molar-refractivity contribution in [3.05, 3.63) is 47.2 Å². The first-order valence-corrected chi connectivity index (χ1v) is 8.33. The van der Waals surface area contributed by atoms with Gasteiger partial charge < -0.3 is 10.6 Å². The summed E-state index contributed by atoms with van der Waals surface area (Å²) < 4.78 is 1.90. The molecule has 0 radical (unpaired) electrons. The zero-order valence-electron chi connectivity index (χ0n) is 14.2. The molecule has 0 aliphatic carbocycles. The highest BCUT2D eigenvalue weighted by Crippen LogP contribution is 2.18. The molecule has 0 bridgehead atoms. The predicted octanol–water partition coefficient (Wildman–Crippen LogP) is 3.07. The lowest BCUT2D eigenvalue weighted by atomic mass is 9.95. The number of nitrogens with one attached hydrogen (secondary N) is 2. The Morgan fingerprint density at radius 3 is 2.88 bits per heavy atom. The van der Waals surface area contributed by atoms with E-state index in [1.165, 1.54) is 11.1 Å². The van der Waals surface area contributed by atoms with E-state index in [2.05, 4.69) is 34.8 Å². The normalized spacial score (nSPS) is 16.2. The van der Waals surface area contributed by atoms with Crippen molar-refractivity contribution in [2.75, 3.05) is 5.32 Å². The van der Waals surface area contributed by atoms with Gasteiger partial charge in [0.25, 0.3) is 0 Å². The smallest absolute Gasteiger partial charge is 0.243 e. The molecule has 130 valence electrons. The number of halogens is 1. The minimum absolute atomic E-state index is 0. The molecular formula is C18H25ClN4O. The summed E-state index contributed by atoms with van der Waals surface area (Å²) in [6, 6.07) is 10.0. The van der Waals surface area contributed by atoms with Gasteiger partial charge in [-0.2, -0.15) is 5.10 Å². The van der Waals surface area contributed by atoms with Crippen molar-refractivity contribution in [1.29, 1.82) is 0 Å². The molecule has 2 heterocycles. The third-order valence-corrected chi connectivity index (χ3v) is 4.27. The van der Waals surface area contributed by atoms with Crippen molar-refractivity contribution in [3.8, 4) is 0 Å². The van der Waals surface area contributed by atoms with Gasteiger partial charge in [0, 0.05) is 19.2 Å². The molecule has 2 aromatic rings. The molecule has 0 saturated carbocycles. The molecule has 1 aliphatic heterocycles. The molecule has 1 amide bonds. The Balaban J connectivity index is 0.00000208. The summed E-state index contributed by atoms with van der Waals surface area (Å²) in [5, 5.41) is 10.8. The number of carbonyl (C=O) groups is 1. The fraction of sp³-hybridized carbons (Fsp3) is 0.444. The topological polar surface area (TPSA) is 59.0 Å². The highest BCUT2D eigenvalue weighted by atomic mass is 35.5. The minimum atomic E-state index is -0.195. The molecule has 1 aliphatic rings. The van der Waals surface area contributed by atoms with Gasteiger partial charge in [0.1, 0.15) is 5.82 Å². The number of unbranched alkanes of at least 4 members (excludes halogenated alkanes) is 1. The maximum absolute atomic E-state index is 12.6. The highest BCUT2D eigenvalue weighted by Gasteiger charge is 2.24. The lowest BCUT2D eigenvalue weighted by molar-refractivity contribution is -0.118. The molecule has 0 spiro atoms. The van der Waals surface area contributed by atoms with Gasteiger partial charge in [-0.15, -0.1) is 12.4 Å². The number of anilines is 1. The number of fused-ring (bicyclic) bond motifs is 1. The number of aromatic nitrogens is 2. The van der Waals surface area contributed by atoms with Crippen molar-refractivity contribution >= 4 is 24.1 Å². The molecule has 5 nitrogen and oxygen atoms in total. The third-order valence-electron chi connectivity index (χ3n) is 4.27. The average molecular weight is 349 g/mol. The summed E-state index contributed by atoms with van der Waals surface area (Å²) in [6.07, 6.45) is 2.89. The summed E-state index contributed by atoms with van der Waals surface area (Å²) in [5.41, 5.74) is 3.46. The van der Waals surface area contributed by atoms with Gasteiger partial charge in [0.15, 0.2) is 0 Å². The second-order valence-corrected chi connectivity index (χ2v) is 6.14. The lowest BCUT2D eigenvalue weighted by Gasteiger charge is -2.25. The van der Waals surface area contributed by atoms with Gasteiger partial charge in [-0.25, -0.2) is 4.68 Å². The number of nitrogens with zero attached hydrogens (tertiary/aromatic N) is 2. The fourth-order valence-corrected chi connectivity index (χ4v) is 2.98. The van der Waals surface area contributed by atoms with E-state index >= 15 is 0 Å². The van der Waals surface area contributed by atoms with Crippen LogP contribution < -0.4 is 10.6 Å². The summed E-state index contributed by atoms with van der Waals surface area (Å²) in [4.78, 5) is 12.6. The number of benzene rings is 1. The molecule has 2 N–H and O–H groups in total. The Labute approximate surface area is 149 Å². The monoisotopic (exact) mass is 348 g/mol. The van der Waals surface area contributed by atoms with Crippen LogP contribution in [0.5, 0.6) is 0 Å². The van der Waals surface area contributed by atoms with Gasteiger partial charge in [0.2, 0.25) is 5.91 Å². The third kappa shape index (κ3) is 4.16. The molecule has 0 fully saturated rings. The van der Waals surface area contributed by atoms with Crippen LogP contribution in [0.15, 0.2) is 30.3 Å². The van der Waals surface area contributed by atoms with Gasteiger partial charge in [-0.1, -0.05) is 37.6 Å². The number of hydrogen-bond acceptors (Lipinski definition) is 3. The zero-order chi connectivity index (χ0) is 16.2. The van der Waals surface area contributed by atoms with Crippen LogP contribution >= 0.6 is 12.4 Å². The Morgan fingerprint density at radius 2 is 2.12 bits per heavy atom. The van der Waals surface area contributed by atoms with Crippen LogP contribution in [0.2, 0.25) is 0 Å². The van der Waals surface area contributed by atoms with Crippen molar-refractivity contribution in [3.63, 3.8) is 0 Å². The number of aryl methyl sites for hydroxylation is 2. The first kappa shape index (κ1) is 18.5. The Bertz CT molecular complexity index is 698.